The van der Waals surface area contributed by atoms with Crippen LogP contribution in [0.1, 0.15) is 72.8 Å². The first-order valence-electron chi connectivity index (χ1n) is 14.8. The van der Waals surface area contributed by atoms with Crippen LogP contribution in [-0.2, 0) is 16.0 Å². The van der Waals surface area contributed by atoms with Crippen molar-refractivity contribution < 1.29 is 34.4 Å². The first kappa shape index (κ1) is 39.9. The molecule has 1 aromatic rings. The topological polar surface area (TPSA) is 177 Å². The smallest absolute Gasteiger partial charge is 0.224 e. The summed E-state index contributed by atoms with van der Waals surface area (Å²) in [4.78, 5) is 24.6. The Kier molecular flexibility index (Phi) is 19.0. The van der Waals surface area contributed by atoms with Gasteiger partial charge in [0.05, 0.1) is 24.7 Å². The number of hydrogen-bond donors (Lipinski definition) is 6. The average Bonchev–Trinajstić information content (AvgIpc) is 2.90. The number of aliphatic hydroxyl groups excluding tert-OH is 3. The Morgan fingerprint density at radius 3 is 2.02 bits per heavy atom. The van der Waals surface area contributed by atoms with E-state index in [1.165, 1.54) is 0 Å². The zero-order chi connectivity index (χ0) is 31.2. The number of primary amides is 1. The number of carbonyl (C=O) groups is 2. The third-order valence-electron chi connectivity index (χ3n) is 7.65. The van der Waals surface area contributed by atoms with Gasteiger partial charge in [-0.15, -0.1) is 12.4 Å². The number of benzene rings is 1. The standard InChI is InChI=1S/C31H55N3O7.ClH/c1-20(2)23(15-22-9-10-27(40-13-7-11-35)28(16-22)41-14-8-12-36)17-25(32)26(37)18-24(21(3)4)29(38)34-19-31(5,6)30(33)39;/h9-10,16,20-21,23-26,35-37H,7-8,11-15,17-19,32H2,1-6H3,(H2,33,39)(H,34,38);1H/t23-,24-,25-,26-;/m0./s1. The molecule has 0 saturated carbocycles. The third kappa shape index (κ3) is 13.9. The molecule has 0 heterocycles. The fraction of sp³-hybridized carbons (Fsp3) is 0.742. The lowest BCUT2D eigenvalue weighted by atomic mass is 9.80. The van der Waals surface area contributed by atoms with Crippen molar-refractivity contribution >= 4 is 24.2 Å². The summed E-state index contributed by atoms with van der Waals surface area (Å²) in [6, 6.07) is 5.26. The maximum Gasteiger partial charge on any atom is 0.224 e. The molecule has 8 N–H and O–H groups in total. The number of hydrogen-bond acceptors (Lipinski definition) is 8. The van der Waals surface area contributed by atoms with Crippen molar-refractivity contribution in [3.63, 3.8) is 0 Å². The first-order valence-corrected chi connectivity index (χ1v) is 14.8. The van der Waals surface area contributed by atoms with Gasteiger partial charge in [-0.3, -0.25) is 9.59 Å². The number of aliphatic hydroxyl groups is 3. The molecule has 1 rings (SSSR count). The van der Waals surface area contributed by atoms with Gasteiger partial charge in [0.2, 0.25) is 11.8 Å². The highest BCUT2D eigenvalue weighted by Crippen LogP contribution is 2.32. The maximum absolute atomic E-state index is 13.0. The molecule has 4 atom stereocenters. The van der Waals surface area contributed by atoms with Crippen LogP contribution in [-0.4, -0.2) is 72.3 Å². The molecule has 0 aliphatic carbocycles. The monoisotopic (exact) mass is 617 g/mol. The molecule has 0 unspecified atom stereocenters. The van der Waals surface area contributed by atoms with E-state index in [0.717, 1.165) is 5.56 Å². The van der Waals surface area contributed by atoms with E-state index < -0.39 is 29.4 Å². The highest BCUT2D eigenvalue weighted by atomic mass is 35.5. The van der Waals surface area contributed by atoms with E-state index in [0.29, 0.717) is 50.4 Å². The predicted octanol–water partition coefficient (Wildman–Crippen LogP) is 2.81. The highest BCUT2D eigenvalue weighted by Gasteiger charge is 2.32. The maximum atomic E-state index is 13.0. The summed E-state index contributed by atoms with van der Waals surface area (Å²) in [6.07, 6.45) is 1.63. The molecule has 1 aromatic carbocycles. The molecule has 10 nitrogen and oxygen atoms in total. The highest BCUT2D eigenvalue weighted by molar-refractivity contribution is 5.85. The molecule has 0 aliphatic rings. The van der Waals surface area contributed by atoms with E-state index in [1.807, 2.05) is 32.0 Å². The largest absolute Gasteiger partial charge is 0.490 e. The van der Waals surface area contributed by atoms with Crippen LogP contribution >= 0.6 is 12.4 Å². The van der Waals surface area contributed by atoms with E-state index in [2.05, 4.69) is 19.2 Å². The summed E-state index contributed by atoms with van der Waals surface area (Å²) in [5.74, 6) is 0.411. The Labute approximate surface area is 258 Å². The van der Waals surface area contributed by atoms with Gasteiger partial charge in [-0.2, -0.15) is 0 Å². The van der Waals surface area contributed by atoms with Gasteiger partial charge in [-0.25, -0.2) is 0 Å². The Bertz CT molecular complexity index is 930. The molecule has 0 saturated heterocycles. The molecule has 0 aromatic heterocycles. The second-order valence-corrected chi connectivity index (χ2v) is 12.4. The fourth-order valence-electron chi connectivity index (χ4n) is 4.45. The number of rotatable bonds is 21. The molecule has 0 radical (unpaired) electrons. The van der Waals surface area contributed by atoms with E-state index in [-0.39, 0.29) is 62.2 Å². The van der Waals surface area contributed by atoms with Crippen molar-refractivity contribution in [1.82, 2.24) is 5.32 Å². The van der Waals surface area contributed by atoms with Gasteiger partial charge >= 0.3 is 0 Å². The number of carbonyl (C=O) groups excluding carboxylic acids is 2. The van der Waals surface area contributed by atoms with E-state index >= 15 is 0 Å². The molecule has 42 heavy (non-hydrogen) atoms. The second kappa shape index (κ2) is 20.0. The normalized spacial score (nSPS) is 14.6. The minimum atomic E-state index is -0.877. The van der Waals surface area contributed by atoms with Gasteiger partial charge in [0.1, 0.15) is 0 Å². The van der Waals surface area contributed by atoms with Gasteiger partial charge in [-0.05, 0) is 68.6 Å². The Morgan fingerprint density at radius 1 is 0.952 bits per heavy atom. The zero-order valence-electron chi connectivity index (χ0n) is 26.3. The molecule has 0 spiro atoms. The van der Waals surface area contributed by atoms with Crippen LogP contribution in [0.25, 0.3) is 0 Å². The van der Waals surface area contributed by atoms with Crippen LogP contribution in [0.5, 0.6) is 11.5 Å². The third-order valence-corrected chi connectivity index (χ3v) is 7.65. The van der Waals surface area contributed by atoms with Gasteiger partial charge in [-0.1, -0.05) is 33.8 Å². The average molecular weight is 618 g/mol. The second-order valence-electron chi connectivity index (χ2n) is 12.4. The van der Waals surface area contributed by atoms with Crippen molar-refractivity contribution in [2.75, 3.05) is 33.0 Å². The summed E-state index contributed by atoms with van der Waals surface area (Å²) in [7, 11) is 0. The Hall–Kier alpha value is -2.11. The molecule has 0 aliphatic heterocycles. The Morgan fingerprint density at radius 2 is 1.52 bits per heavy atom. The van der Waals surface area contributed by atoms with Crippen LogP contribution in [0.3, 0.4) is 0 Å². The van der Waals surface area contributed by atoms with E-state index in [1.54, 1.807) is 13.8 Å². The predicted molar refractivity (Wildman–Crippen MR) is 168 cm³/mol. The van der Waals surface area contributed by atoms with Crippen LogP contribution in [0.2, 0.25) is 0 Å². The summed E-state index contributed by atoms with van der Waals surface area (Å²) in [5, 5.41) is 32.1. The quantitative estimate of drug-likeness (QED) is 0.114. The lowest BCUT2D eigenvalue weighted by Gasteiger charge is -2.30. The zero-order valence-corrected chi connectivity index (χ0v) is 27.1. The fourth-order valence-corrected chi connectivity index (χ4v) is 4.45. The first-order chi connectivity index (χ1) is 19.2. The molecular formula is C31H56ClN3O7. The van der Waals surface area contributed by atoms with Crippen molar-refractivity contribution in [3.05, 3.63) is 23.8 Å². The Balaban J connectivity index is 0.0000168. The molecule has 0 bridgehead atoms. The van der Waals surface area contributed by atoms with Crippen molar-refractivity contribution in [1.29, 1.82) is 0 Å². The van der Waals surface area contributed by atoms with Crippen LogP contribution in [0.4, 0.5) is 0 Å². The summed E-state index contributed by atoms with van der Waals surface area (Å²) < 4.78 is 11.7. The van der Waals surface area contributed by atoms with Gasteiger partial charge < -0.3 is 41.6 Å². The SMILES string of the molecule is CC(C)[C@@H](Cc1ccc(OCCCO)c(OCCCO)c1)C[C@H](N)[C@@H](O)C[C@H](C(=O)NCC(C)(C)C(N)=O)C(C)C.Cl. The number of ether oxygens (including phenoxy) is 2. The summed E-state index contributed by atoms with van der Waals surface area (Å²) >= 11 is 0. The lowest BCUT2D eigenvalue weighted by Crippen LogP contribution is -2.46. The number of amides is 2. The molecule has 2 amide bonds. The number of nitrogens with one attached hydrogen (secondary N) is 1. The van der Waals surface area contributed by atoms with Crippen LogP contribution in [0, 0.1) is 29.1 Å². The number of nitrogens with two attached hydrogens (primary N) is 2. The van der Waals surface area contributed by atoms with Gasteiger partial charge in [0, 0.05) is 44.6 Å². The summed E-state index contributed by atoms with van der Waals surface area (Å²) in [5.41, 5.74) is 12.1. The van der Waals surface area contributed by atoms with E-state index in [4.69, 9.17) is 31.2 Å². The number of halogens is 1. The molecule has 11 heteroatoms. The minimum absolute atomic E-state index is 0. The van der Waals surface area contributed by atoms with Gasteiger partial charge in [0.25, 0.3) is 0 Å². The van der Waals surface area contributed by atoms with Crippen molar-refractivity contribution in [2.45, 2.75) is 85.8 Å². The van der Waals surface area contributed by atoms with Crippen LogP contribution in [0.15, 0.2) is 18.2 Å². The van der Waals surface area contributed by atoms with Gasteiger partial charge in [0.15, 0.2) is 11.5 Å². The molecule has 244 valence electrons. The minimum Gasteiger partial charge on any atom is -0.490 e. The van der Waals surface area contributed by atoms with Crippen LogP contribution < -0.4 is 26.3 Å². The summed E-state index contributed by atoms with van der Waals surface area (Å²) in [6.45, 7) is 12.4. The molecule has 0 fully saturated rings. The van der Waals surface area contributed by atoms with Crippen molar-refractivity contribution in [2.24, 2.45) is 40.6 Å². The van der Waals surface area contributed by atoms with E-state index in [9.17, 15) is 14.7 Å². The van der Waals surface area contributed by atoms with Crippen molar-refractivity contribution in [3.8, 4) is 11.5 Å². The lowest BCUT2D eigenvalue weighted by molar-refractivity contribution is -0.130. The molecular weight excluding hydrogens is 562 g/mol.